The zero-order chi connectivity index (χ0) is 23.4. The average Bonchev–Trinajstić information content (AvgIpc) is 2.83. The fourth-order valence-electron chi connectivity index (χ4n) is 3.37. The van der Waals surface area contributed by atoms with Crippen LogP contribution in [-0.2, 0) is 6.61 Å². The van der Waals surface area contributed by atoms with E-state index in [4.69, 9.17) is 4.74 Å². The smallest absolute Gasteiger partial charge is 0.335 e. The van der Waals surface area contributed by atoms with Crippen LogP contribution in [0.2, 0.25) is 0 Å². The molecule has 0 aliphatic carbocycles. The Kier molecular flexibility index (Phi) is 6.17. The van der Waals surface area contributed by atoms with Crippen LogP contribution in [0, 0.1) is 6.92 Å². The number of benzene rings is 3. The fraction of sp³-hybridized carbons (Fsp3) is 0.0741. The summed E-state index contributed by atoms with van der Waals surface area (Å²) in [5.41, 5.74) is 2.72. The number of aromatic carboxylic acids is 1. The Morgan fingerprint density at radius 1 is 1.00 bits per heavy atom. The summed E-state index contributed by atoms with van der Waals surface area (Å²) in [6.45, 7) is 1.88. The van der Waals surface area contributed by atoms with E-state index in [0.29, 0.717) is 17.9 Å². The molecule has 33 heavy (non-hydrogen) atoms. The molecule has 0 saturated carbocycles. The van der Waals surface area contributed by atoms with Crippen LogP contribution in [0.25, 0.3) is 17.0 Å². The van der Waals surface area contributed by atoms with E-state index in [1.165, 1.54) is 18.2 Å². The first-order valence-corrected chi connectivity index (χ1v) is 10.3. The zero-order valence-electron chi connectivity index (χ0n) is 17.9. The van der Waals surface area contributed by atoms with Crippen molar-refractivity contribution < 1.29 is 24.5 Å². The lowest BCUT2D eigenvalue weighted by Gasteiger charge is -2.07. The first-order valence-electron chi connectivity index (χ1n) is 10.3. The normalized spacial score (nSPS) is 11.1. The number of carbonyl (C=O) groups is 2. The summed E-state index contributed by atoms with van der Waals surface area (Å²) >= 11 is 0. The molecule has 0 atom stereocenters. The average molecular weight is 439 g/mol. The standard InChI is InChI=1S/C27H21NO5/c1-17-14-20(27(31)32)15-23(26(17)30)25(29)13-8-18-6-11-22(12-7-18)33-16-21-10-9-19-4-2-3-5-24(19)28-21/h2-15,30H,16H2,1H3,(H,31,32). The van der Waals surface area contributed by atoms with Crippen LogP contribution in [-0.4, -0.2) is 26.9 Å². The number of aromatic hydroxyl groups is 1. The van der Waals surface area contributed by atoms with Gasteiger partial charge in [0.1, 0.15) is 18.1 Å². The number of phenolic OH excluding ortho intramolecular Hbond substituents is 1. The van der Waals surface area contributed by atoms with Gasteiger partial charge in [0.05, 0.1) is 22.3 Å². The number of rotatable bonds is 7. The Bertz CT molecular complexity index is 1370. The highest BCUT2D eigenvalue weighted by Crippen LogP contribution is 2.25. The van der Waals surface area contributed by atoms with E-state index in [-0.39, 0.29) is 16.9 Å². The monoisotopic (exact) mass is 439 g/mol. The van der Waals surface area contributed by atoms with Crippen LogP contribution in [0.15, 0.2) is 78.9 Å². The third kappa shape index (κ3) is 5.07. The second-order valence-electron chi connectivity index (χ2n) is 7.55. The Morgan fingerprint density at radius 2 is 1.76 bits per heavy atom. The van der Waals surface area contributed by atoms with Gasteiger partial charge in [-0.2, -0.15) is 0 Å². The predicted octanol–water partition coefficient (Wildman–Crippen LogP) is 5.42. The molecule has 2 N–H and O–H groups in total. The quantitative estimate of drug-likeness (QED) is 0.295. The van der Waals surface area contributed by atoms with E-state index in [1.807, 2.05) is 36.4 Å². The Morgan fingerprint density at radius 3 is 2.52 bits per heavy atom. The highest BCUT2D eigenvalue weighted by atomic mass is 16.5. The molecule has 0 aliphatic rings. The second kappa shape index (κ2) is 9.36. The number of aromatic nitrogens is 1. The summed E-state index contributed by atoms with van der Waals surface area (Å²) in [5, 5.41) is 20.4. The summed E-state index contributed by atoms with van der Waals surface area (Å²) in [6.07, 6.45) is 2.90. The third-order valence-corrected chi connectivity index (χ3v) is 5.16. The van der Waals surface area contributed by atoms with Crippen LogP contribution < -0.4 is 4.74 Å². The summed E-state index contributed by atoms with van der Waals surface area (Å²) in [7, 11) is 0. The molecule has 0 radical (unpaired) electrons. The molecule has 6 nitrogen and oxygen atoms in total. The number of hydrogen-bond acceptors (Lipinski definition) is 5. The third-order valence-electron chi connectivity index (χ3n) is 5.16. The van der Waals surface area contributed by atoms with Crippen LogP contribution in [0.4, 0.5) is 0 Å². The number of aryl methyl sites for hydroxylation is 1. The van der Waals surface area contributed by atoms with Gasteiger partial charge in [0, 0.05) is 5.39 Å². The lowest BCUT2D eigenvalue weighted by atomic mass is 10.0. The molecule has 1 heterocycles. The van der Waals surface area contributed by atoms with Crippen molar-refractivity contribution in [2.24, 2.45) is 0 Å². The zero-order valence-corrected chi connectivity index (χ0v) is 17.9. The summed E-state index contributed by atoms with van der Waals surface area (Å²) in [6, 6.07) is 21.5. The van der Waals surface area contributed by atoms with Gasteiger partial charge in [-0.25, -0.2) is 9.78 Å². The lowest BCUT2D eigenvalue weighted by Crippen LogP contribution is -2.03. The molecule has 1 aromatic heterocycles. The largest absolute Gasteiger partial charge is 0.507 e. The van der Waals surface area contributed by atoms with E-state index in [1.54, 1.807) is 37.3 Å². The number of nitrogens with zero attached hydrogens (tertiary/aromatic N) is 1. The molecule has 164 valence electrons. The van der Waals surface area contributed by atoms with Crippen molar-refractivity contribution in [1.29, 1.82) is 0 Å². The van der Waals surface area contributed by atoms with Crippen LogP contribution >= 0.6 is 0 Å². The maximum absolute atomic E-state index is 12.5. The number of allylic oxidation sites excluding steroid dienone is 1. The predicted molar refractivity (Wildman–Crippen MR) is 126 cm³/mol. The first-order chi connectivity index (χ1) is 15.9. The van der Waals surface area contributed by atoms with Gasteiger partial charge in [0.15, 0.2) is 5.78 Å². The van der Waals surface area contributed by atoms with Crippen LogP contribution in [0.1, 0.15) is 37.5 Å². The number of carbonyl (C=O) groups excluding carboxylic acids is 1. The highest BCUT2D eigenvalue weighted by molar-refractivity contribution is 6.10. The number of ketones is 1. The number of phenols is 1. The number of para-hydroxylation sites is 1. The molecular formula is C27H21NO5. The number of hydrogen-bond donors (Lipinski definition) is 2. The van der Waals surface area contributed by atoms with Crippen LogP contribution in [0.5, 0.6) is 11.5 Å². The van der Waals surface area contributed by atoms with E-state index < -0.39 is 11.8 Å². The molecule has 0 fully saturated rings. The van der Waals surface area contributed by atoms with Crippen molar-refractivity contribution in [3.8, 4) is 11.5 Å². The summed E-state index contributed by atoms with van der Waals surface area (Å²) < 4.78 is 5.81. The Balaban J connectivity index is 1.42. The number of ether oxygens (including phenoxy) is 1. The SMILES string of the molecule is Cc1cc(C(=O)O)cc(C(=O)C=Cc2ccc(OCc3ccc4ccccc4n3)cc2)c1O. The van der Waals surface area contributed by atoms with E-state index in [9.17, 15) is 19.8 Å². The topological polar surface area (TPSA) is 96.7 Å². The van der Waals surface area contributed by atoms with Gasteiger partial charge in [0.2, 0.25) is 0 Å². The number of carboxylic acids is 1. The van der Waals surface area contributed by atoms with Crippen molar-refractivity contribution in [3.63, 3.8) is 0 Å². The molecule has 6 heteroatoms. The van der Waals surface area contributed by atoms with Gasteiger partial charge in [-0.05, 0) is 60.5 Å². The van der Waals surface area contributed by atoms with Crippen molar-refractivity contribution >= 4 is 28.7 Å². The van der Waals surface area contributed by atoms with Crippen LogP contribution in [0.3, 0.4) is 0 Å². The molecule has 0 spiro atoms. The van der Waals surface area contributed by atoms with Crippen molar-refractivity contribution in [1.82, 2.24) is 4.98 Å². The Labute approximate surface area is 190 Å². The van der Waals surface area contributed by atoms with E-state index in [0.717, 1.165) is 22.2 Å². The van der Waals surface area contributed by atoms with Gasteiger partial charge in [-0.3, -0.25) is 4.79 Å². The van der Waals surface area contributed by atoms with Gasteiger partial charge in [0.25, 0.3) is 0 Å². The number of fused-ring (bicyclic) bond motifs is 1. The van der Waals surface area contributed by atoms with Crippen molar-refractivity contribution in [3.05, 3.63) is 107 Å². The Hall–Kier alpha value is -4.45. The number of carboxylic acid groups (broad SMARTS) is 1. The molecular weight excluding hydrogens is 418 g/mol. The molecule has 0 bridgehead atoms. The molecule has 4 aromatic rings. The second-order valence-corrected chi connectivity index (χ2v) is 7.55. The van der Waals surface area contributed by atoms with Gasteiger partial charge < -0.3 is 14.9 Å². The first kappa shape index (κ1) is 21.8. The highest BCUT2D eigenvalue weighted by Gasteiger charge is 2.15. The molecule has 0 saturated heterocycles. The lowest BCUT2D eigenvalue weighted by molar-refractivity contribution is 0.0696. The van der Waals surface area contributed by atoms with Gasteiger partial charge in [-0.1, -0.05) is 42.5 Å². The summed E-state index contributed by atoms with van der Waals surface area (Å²) in [5.74, 6) is -1.21. The fourth-order valence-corrected chi connectivity index (χ4v) is 3.37. The molecule has 0 unspecified atom stereocenters. The maximum Gasteiger partial charge on any atom is 0.335 e. The van der Waals surface area contributed by atoms with E-state index >= 15 is 0 Å². The molecule has 0 aliphatic heterocycles. The molecule has 0 amide bonds. The van der Waals surface area contributed by atoms with Gasteiger partial charge in [-0.15, -0.1) is 0 Å². The molecule has 3 aromatic carbocycles. The molecule has 4 rings (SSSR count). The van der Waals surface area contributed by atoms with Gasteiger partial charge >= 0.3 is 5.97 Å². The minimum absolute atomic E-state index is 0.0495. The summed E-state index contributed by atoms with van der Waals surface area (Å²) in [4.78, 5) is 28.3. The van der Waals surface area contributed by atoms with E-state index in [2.05, 4.69) is 4.98 Å². The number of pyridine rings is 1. The maximum atomic E-state index is 12.5. The minimum atomic E-state index is -1.16. The minimum Gasteiger partial charge on any atom is -0.507 e. The van der Waals surface area contributed by atoms with Crippen molar-refractivity contribution in [2.75, 3.05) is 0 Å². The van der Waals surface area contributed by atoms with Crippen molar-refractivity contribution in [2.45, 2.75) is 13.5 Å².